The number of imide groups is 1. The summed E-state index contributed by atoms with van der Waals surface area (Å²) in [4.78, 5) is 40.7. The van der Waals surface area contributed by atoms with Crippen LogP contribution in [0.25, 0.3) is 6.08 Å². The molecule has 0 aromatic carbocycles. The summed E-state index contributed by atoms with van der Waals surface area (Å²) in [6, 6.07) is 5.40. The molecule has 2 heterocycles. The van der Waals surface area contributed by atoms with Crippen LogP contribution in [0.15, 0.2) is 23.1 Å². The monoisotopic (exact) mass is 306 g/mol. The number of nitrogens with zero attached hydrogens (tertiary/aromatic N) is 2. The highest BCUT2D eigenvalue weighted by molar-refractivity contribution is 8.18. The van der Waals surface area contributed by atoms with E-state index >= 15 is 0 Å². The molecule has 6 nitrogen and oxygen atoms in total. The van der Waals surface area contributed by atoms with Crippen molar-refractivity contribution in [1.29, 1.82) is 0 Å². The van der Waals surface area contributed by atoms with Gasteiger partial charge in [0.2, 0.25) is 0 Å². The number of aryl methyl sites for hydroxylation is 1. The standard InChI is InChI=1S/C14H14N2O4S/c1-3-20-12(17)8-16-13(18)11(21-14(16)19)7-10-6-4-5-9(2)15-10/h4-7H,3,8H2,1-2H3/b11-7+. The van der Waals surface area contributed by atoms with Crippen LogP contribution in [0, 0.1) is 6.92 Å². The van der Waals surface area contributed by atoms with Gasteiger partial charge in [0.1, 0.15) is 6.54 Å². The van der Waals surface area contributed by atoms with Crippen LogP contribution in [-0.4, -0.2) is 40.2 Å². The lowest BCUT2D eigenvalue weighted by molar-refractivity contribution is -0.145. The Hall–Kier alpha value is -2.15. The van der Waals surface area contributed by atoms with E-state index in [2.05, 4.69) is 4.98 Å². The highest BCUT2D eigenvalue weighted by Gasteiger charge is 2.36. The second-order valence-corrected chi connectivity index (χ2v) is 5.27. The number of rotatable bonds is 4. The SMILES string of the molecule is CCOC(=O)CN1C(=O)S/C(=C/c2cccc(C)n2)C1=O. The number of ether oxygens (including phenoxy) is 1. The Kier molecular flexibility index (Phi) is 4.74. The molecule has 2 rings (SSSR count). The van der Waals surface area contributed by atoms with Gasteiger partial charge in [-0.25, -0.2) is 0 Å². The van der Waals surface area contributed by atoms with Gasteiger partial charge in [-0.2, -0.15) is 0 Å². The summed E-state index contributed by atoms with van der Waals surface area (Å²) in [5, 5.41) is -0.480. The van der Waals surface area contributed by atoms with Gasteiger partial charge in [-0.05, 0) is 43.8 Å². The average molecular weight is 306 g/mol. The minimum Gasteiger partial charge on any atom is -0.465 e. The molecule has 1 aromatic rings. The molecule has 1 fully saturated rings. The fourth-order valence-electron chi connectivity index (χ4n) is 1.75. The molecule has 0 N–H and O–H groups in total. The van der Waals surface area contributed by atoms with Crippen LogP contribution in [0.3, 0.4) is 0 Å². The minimum absolute atomic E-state index is 0.206. The van der Waals surface area contributed by atoms with E-state index in [1.807, 2.05) is 19.1 Å². The molecule has 0 aliphatic carbocycles. The molecule has 110 valence electrons. The molecular formula is C14H14N2O4S. The van der Waals surface area contributed by atoms with Gasteiger partial charge >= 0.3 is 5.97 Å². The Labute approximate surface area is 126 Å². The van der Waals surface area contributed by atoms with E-state index in [1.54, 1.807) is 19.1 Å². The van der Waals surface area contributed by atoms with Crippen molar-refractivity contribution in [1.82, 2.24) is 9.88 Å². The van der Waals surface area contributed by atoms with E-state index in [0.29, 0.717) is 5.69 Å². The molecule has 0 saturated carbocycles. The van der Waals surface area contributed by atoms with E-state index in [4.69, 9.17) is 4.74 Å². The van der Waals surface area contributed by atoms with Gasteiger partial charge in [-0.1, -0.05) is 6.07 Å². The van der Waals surface area contributed by atoms with Crippen molar-refractivity contribution < 1.29 is 19.1 Å². The Balaban J connectivity index is 2.16. The van der Waals surface area contributed by atoms with Crippen molar-refractivity contribution in [3.63, 3.8) is 0 Å². The highest BCUT2D eigenvalue weighted by Crippen LogP contribution is 2.31. The molecule has 7 heteroatoms. The number of thioether (sulfide) groups is 1. The number of amides is 2. The predicted octanol–water partition coefficient (Wildman–Crippen LogP) is 1.99. The number of carbonyl (C=O) groups excluding carboxylic acids is 3. The van der Waals surface area contributed by atoms with Gasteiger partial charge < -0.3 is 4.74 Å². The Morgan fingerprint density at radius 1 is 1.43 bits per heavy atom. The Bertz CT molecular complexity index is 627. The highest BCUT2D eigenvalue weighted by atomic mass is 32.2. The normalized spacial score (nSPS) is 16.7. The maximum absolute atomic E-state index is 12.1. The maximum atomic E-state index is 12.1. The van der Waals surface area contributed by atoms with Crippen LogP contribution < -0.4 is 0 Å². The van der Waals surface area contributed by atoms with Crippen molar-refractivity contribution in [2.45, 2.75) is 13.8 Å². The number of carbonyl (C=O) groups is 3. The zero-order valence-electron chi connectivity index (χ0n) is 11.7. The number of hydrogen-bond donors (Lipinski definition) is 0. The number of pyridine rings is 1. The number of esters is 1. The van der Waals surface area contributed by atoms with E-state index < -0.39 is 17.1 Å². The molecule has 1 saturated heterocycles. The van der Waals surface area contributed by atoms with Crippen LogP contribution >= 0.6 is 11.8 Å². The van der Waals surface area contributed by atoms with Gasteiger partial charge in [-0.15, -0.1) is 0 Å². The van der Waals surface area contributed by atoms with Crippen molar-refractivity contribution in [2.24, 2.45) is 0 Å². The first kappa shape index (κ1) is 15.2. The second kappa shape index (κ2) is 6.53. The zero-order valence-corrected chi connectivity index (χ0v) is 12.5. The fraction of sp³-hybridized carbons (Fsp3) is 0.286. The number of aromatic nitrogens is 1. The first-order valence-corrected chi connectivity index (χ1v) is 7.17. The third kappa shape index (κ3) is 3.69. The lowest BCUT2D eigenvalue weighted by Crippen LogP contribution is -2.34. The smallest absolute Gasteiger partial charge is 0.326 e. The first-order valence-electron chi connectivity index (χ1n) is 6.36. The Morgan fingerprint density at radius 3 is 2.86 bits per heavy atom. The summed E-state index contributed by atoms with van der Waals surface area (Å²) in [5.41, 5.74) is 1.41. The van der Waals surface area contributed by atoms with E-state index in [-0.39, 0.29) is 18.1 Å². The quantitative estimate of drug-likeness (QED) is 0.625. The van der Waals surface area contributed by atoms with Crippen molar-refractivity contribution >= 4 is 35.0 Å². The lowest BCUT2D eigenvalue weighted by atomic mass is 10.3. The summed E-state index contributed by atoms with van der Waals surface area (Å²) in [6.07, 6.45) is 1.54. The van der Waals surface area contributed by atoms with Crippen LogP contribution in [0.2, 0.25) is 0 Å². The molecule has 0 atom stereocenters. The molecule has 21 heavy (non-hydrogen) atoms. The summed E-state index contributed by atoms with van der Waals surface area (Å²) in [7, 11) is 0. The molecule has 0 spiro atoms. The topological polar surface area (TPSA) is 76.6 Å². The third-order valence-corrected chi connectivity index (χ3v) is 3.56. The van der Waals surface area contributed by atoms with Crippen LogP contribution in [0.1, 0.15) is 18.3 Å². The molecular weight excluding hydrogens is 292 g/mol. The molecule has 2 amide bonds. The van der Waals surface area contributed by atoms with E-state index in [1.165, 1.54) is 0 Å². The van der Waals surface area contributed by atoms with Crippen LogP contribution in [0.5, 0.6) is 0 Å². The van der Waals surface area contributed by atoms with Crippen LogP contribution in [-0.2, 0) is 14.3 Å². The fourth-order valence-corrected chi connectivity index (χ4v) is 2.57. The average Bonchev–Trinajstić information content (AvgIpc) is 2.67. The zero-order chi connectivity index (χ0) is 15.4. The van der Waals surface area contributed by atoms with E-state index in [0.717, 1.165) is 22.4 Å². The van der Waals surface area contributed by atoms with E-state index in [9.17, 15) is 14.4 Å². The summed E-state index contributed by atoms with van der Waals surface area (Å²) in [5.74, 6) is -1.10. The molecule has 0 unspecified atom stereocenters. The van der Waals surface area contributed by atoms with Crippen molar-refractivity contribution in [2.75, 3.05) is 13.2 Å². The van der Waals surface area contributed by atoms with Crippen LogP contribution in [0.4, 0.5) is 4.79 Å². The lowest BCUT2D eigenvalue weighted by Gasteiger charge is -2.10. The molecule has 1 aromatic heterocycles. The predicted molar refractivity (Wildman–Crippen MR) is 78.3 cm³/mol. The van der Waals surface area contributed by atoms with Gasteiger partial charge in [0.15, 0.2) is 0 Å². The van der Waals surface area contributed by atoms with Gasteiger partial charge in [0.25, 0.3) is 11.1 Å². The van der Waals surface area contributed by atoms with Gasteiger partial charge in [0, 0.05) is 5.69 Å². The molecule has 0 bridgehead atoms. The number of hydrogen-bond acceptors (Lipinski definition) is 6. The third-order valence-electron chi connectivity index (χ3n) is 2.65. The maximum Gasteiger partial charge on any atom is 0.326 e. The Morgan fingerprint density at radius 2 is 2.19 bits per heavy atom. The molecule has 1 aliphatic heterocycles. The van der Waals surface area contributed by atoms with Gasteiger partial charge in [0.05, 0.1) is 17.2 Å². The summed E-state index contributed by atoms with van der Waals surface area (Å²) in [6.45, 7) is 3.34. The second-order valence-electron chi connectivity index (χ2n) is 4.28. The first-order chi connectivity index (χ1) is 10.0. The summed E-state index contributed by atoms with van der Waals surface area (Å²) < 4.78 is 4.74. The van der Waals surface area contributed by atoms with Crippen molar-refractivity contribution in [3.05, 3.63) is 34.5 Å². The summed E-state index contributed by atoms with van der Waals surface area (Å²) >= 11 is 0.793. The largest absolute Gasteiger partial charge is 0.465 e. The van der Waals surface area contributed by atoms with Gasteiger partial charge in [-0.3, -0.25) is 24.3 Å². The molecule has 0 radical (unpaired) electrons. The molecule has 1 aliphatic rings. The minimum atomic E-state index is -0.602. The van der Waals surface area contributed by atoms with Crippen molar-refractivity contribution in [3.8, 4) is 0 Å².